The maximum absolute atomic E-state index is 14.4. The highest BCUT2D eigenvalue weighted by atomic mass is 19.1. The minimum Gasteiger partial charge on any atom is -0.387 e. The van der Waals surface area contributed by atoms with E-state index in [0.717, 1.165) is 30.7 Å². The van der Waals surface area contributed by atoms with Crippen molar-refractivity contribution in [3.05, 3.63) is 66.1 Å². The van der Waals surface area contributed by atoms with Crippen LogP contribution >= 0.6 is 0 Å². The number of nitriles is 1. The van der Waals surface area contributed by atoms with Crippen molar-refractivity contribution in [2.24, 2.45) is 0 Å². The van der Waals surface area contributed by atoms with Crippen LogP contribution in [0.5, 0.6) is 0 Å². The van der Waals surface area contributed by atoms with Gasteiger partial charge >= 0.3 is 0 Å². The summed E-state index contributed by atoms with van der Waals surface area (Å²) in [7, 11) is 1.70. The minimum atomic E-state index is -1.66. The molecule has 5 heterocycles. The van der Waals surface area contributed by atoms with Gasteiger partial charge in [-0.2, -0.15) is 10.4 Å². The van der Waals surface area contributed by atoms with Crippen molar-refractivity contribution < 1.29 is 19.0 Å². The van der Waals surface area contributed by atoms with E-state index in [4.69, 9.17) is 4.74 Å². The number of amides is 1. The van der Waals surface area contributed by atoms with Gasteiger partial charge in [-0.25, -0.2) is 13.9 Å². The Morgan fingerprint density at radius 2 is 2.07 bits per heavy atom. The Hall–Kier alpha value is -4.60. The van der Waals surface area contributed by atoms with Crippen molar-refractivity contribution in [2.45, 2.75) is 44.5 Å². The maximum atomic E-state index is 14.4. The number of carbonyl (C=O) groups excluding carboxylic acids is 1. The van der Waals surface area contributed by atoms with Crippen molar-refractivity contribution in [1.29, 1.82) is 5.26 Å². The molecular weight excluding hydrogens is 539 g/mol. The van der Waals surface area contributed by atoms with Crippen molar-refractivity contribution in [1.82, 2.24) is 24.9 Å². The number of nitrogens with one attached hydrogen (secondary N) is 2. The number of nitrogens with zero attached hydrogens (tertiary/aromatic N) is 6. The summed E-state index contributed by atoms with van der Waals surface area (Å²) in [5.41, 5.74) is 1.98. The quantitative estimate of drug-likeness (QED) is 0.258. The first-order valence-corrected chi connectivity index (χ1v) is 13.7. The smallest absolute Gasteiger partial charge is 0.255 e. The lowest BCUT2D eigenvalue weighted by Gasteiger charge is -2.25. The molecule has 1 amide bonds. The standard InChI is InChI=1S/C30H33FN8O3/c1-30(2,41)27(31)17-35-29(40)23-16-33-25(26-8-7-21-11-19(13-32)14-36-39(21)26)12-24(23)37-20-6-9-28(34-15-20)38-10-4-5-22(38)18-42-3/h6-9,11-12,14-16,22,27,41H,4-5,10,17-18H2,1-3H3,(H,33,37)(H,35,40)/t22?,27-/m1/s1. The number of ether oxygens (including phenoxy) is 1. The summed E-state index contributed by atoms with van der Waals surface area (Å²) < 4.78 is 21.4. The van der Waals surface area contributed by atoms with Gasteiger partial charge in [0.1, 0.15) is 18.1 Å². The van der Waals surface area contributed by atoms with Crippen LogP contribution in [-0.2, 0) is 4.74 Å². The molecule has 42 heavy (non-hydrogen) atoms. The van der Waals surface area contributed by atoms with Gasteiger partial charge in [-0.15, -0.1) is 0 Å². The van der Waals surface area contributed by atoms with E-state index in [1.54, 1.807) is 30.0 Å². The van der Waals surface area contributed by atoms with Gasteiger partial charge in [0.05, 0.1) is 76.6 Å². The number of aromatic nitrogens is 4. The Kier molecular flexibility index (Phi) is 8.33. The highest BCUT2D eigenvalue weighted by molar-refractivity contribution is 6.00. The SMILES string of the molecule is COCC1CCCN1c1ccc(Nc2cc(-c3ccc4cc(C#N)cnn34)ncc2C(=O)NC[C@@H](F)C(C)(C)O)cn1. The van der Waals surface area contributed by atoms with E-state index in [1.807, 2.05) is 24.3 Å². The summed E-state index contributed by atoms with van der Waals surface area (Å²) in [4.78, 5) is 24.6. The first-order chi connectivity index (χ1) is 20.2. The molecule has 0 saturated carbocycles. The Bertz CT molecular complexity index is 1610. The van der Waals surface area contributed by atoms with Crippen molar-refractivity contribution in [3.63, 3.8) is 0 Å². The van der Waals surface area contributed by atoms with E-state index in [1.165, 1.54) is 26.2 Å². The van der Waals surface area contributed by atoms with Crippen LogP contribution in [0.4, 0.5) is 21.6 Å². The minimum absolute atomic E-state index is 0.186. The molecule has 1 saturated heterocycles. The summed E-state index contributed by atoms with van der Waals surface area (Å²) in [6.07, 6.45) is 5.03. The predicted molar refractivity (Wildman–Crippen MR) is 156 cm³/mol. The molecule has 1 fully saturated rings. The second-order valence-electron chi connectivity index (χ2n) is 10.8. The predicted octanol–water partition coefficient (Wildman–Crippen LogP) is 3.86. The monoisotopic (exact) mass is 572 g/mol. The average Bonchev–Trinajstić information content (AvgIpc) is 3.62. The zero-order valence-corrected chi connectivity index (χ0v) is 23.7. The fourth-order valence-electron chi connectivity index (χ4n) is 4.95. The zero-order chi connectivity index (χ0) is 29.9. The number of anilines is 3. The first-order valence-electron chi connectivity index (χ1n) is 13.7. The number of aliphatic hydroxyl groups is 1. The van der Waals surface area contributed by atoms with E-state index in [9.17, 15) is 19.6 Å². The molecule has 4 aromatic rings. The Balaban J connectivity index is 1.45. The van der Waals surface area contributed by atoms with Crippen LogP contribution in [-0.4, -0.2) is 75.2 Å². The molecule has 5 rings (SSSR count). The van der Waals surface area contributed by atoms with Crippen LogP contribution in [0.2, 0.25) is 0 Å². The number of hydrogen-bond acceptors (Lipinski definition) is 9. The van der Waals surface area contributed by atoms with Crippen LogP contribution in [0.1, 0.15) is 42.6 Å². The molecule has 1 aliphatic rings. The van der Waals surface area contributed by atoms with Crippen LogP contribution < -0.4 is 15.5 Å². The molecule has 1 aliphatic heterocycles. The molecule has 0 spiro atoms. The molecule has 4 aromatic heterocycles. The third kappa shape index (κ3) is 6.17. The molecule has 2 atom stereocenters. The fraction of sp³-hybridized carbons (Fsp3) is 0.367. The zero-order valence-electron chi connectivity index (χ0n) is 23.7. The van der Waals surface area contributed by atoms with Crippen molar-refractivity contribution in [2.75, 3.05) is 37.0 Å². The molecule has 1 unspecified atom stereocenters. The van der Waals surface area contributed by atoms with Gasteiger partial charge < -0.3 is 25.4 Å². The van der Waals surface area contributed by atoms with Gasteiger partial charge in [0.2, 0.25) is 0 Å². The maximum Gasteiger partial charge on any atom is 0.255 e. The van der Waals surface area contributed by atoms with Crippen LogP contribution in [0, 0.1) is 11.3 Å². The highest BCUT2D eigenvalue weighted by Crippen LogP contribution is 2.29. The number of pyridine rings is 2. The third-order valence-corrected chi connectivity index (χ3v) is 7.31. The highest BCUT2D eigenvalue weighted by Gasteiger charge is 2.28. The van der Waals surface area contributed by atoms with Gasteiger partial charge in [-0.1, -0.05) is 0 Å². The van der Waals surface area contributed by atoms with Crippen LogP contribution in [0.25, 0.3) is 16.9 Å². The molecule has 0 radical (unpaired) electrons. The molecule has 11 nitrogen and oxygen atoms in total. The van der Waals surface area contributed by atoms with E-state index in [2.05, 4.69) is 36.7 Å². The lowest BCUT2D eigenvalue weighted by Crippen LogP contribution is -2.42. The van der Waals surface area contributed by atoms with Gasteiger partial charge in [-0.05, 0) is 63.1 Å². The Morgan fingerprint density at radius 1 is 1.24 bits per heavy atom. The van der Waals surface area contributed by atoms with Crippen LogP contribution in [0.3, 0.4) is 0 Å². The molecule has 218 valence electrons. The normalized spacial score (nSPS) is 15.9. The molecule has 12 heteroatoms. The van der Waals surface area contributed by atoms with E-state index in [-0.39, 0.29) is 18.2 Å². The summed E-state index contributed by atoms with van der Waals surface area (Å²) in [5, 5.41) is 29.3. The summed E-state index contributed by atoms with van der Waals surface area (Å²) in [6.45, 7) is 3.86. The van der Waals surface area contributed by atoms with E-state index < -0.39 is 17.7 Å². The van der Waals surface area contributed by atoms with Crippen molar-refractivity contribution >= 4 is 28.6 Å². The number of carbonyl (C=O) groups is 1. The number of alkyl halides is 1. The Morgan fingerprint density at radius 3 is 2.79 bits per heavy atom. The van der Waals surface area contributed by atoms with Gasteiger partial charge in [0.25, 0.3) is 5.91 Å². The van der Waals surface area contributed by atoms with Gasteiger partial charge in [-0.3, -0.25) is 9.78 Å². The van der Waals surface area contributed by atoms with E-state index in [0.29, 0.717) is 34.9 Å². The number of fused-ring (bicyclic) bond motifs is 1. The lowest BCUT2D eigenvalue weighted by atomic mass is 10.0. The van der Waals surface area contributed by atoms with Crippen LogP contribution in [0.15, 0.2) is 55.0 Å². The Labute approximate surface area is 243 Å². The number of halogens is 1. The van der Waals surface area contributed by atoms with Crippen molar-refractivity contribution in [3.8, 4) is 17.5 Å². The lowest BCUT2D eigenvalue weighted by molar-refractivity contribution is -0.00177. The summed E-state index contributed by atoms with van der Waals surface area (Å²) in [5.74, 6) is 0.292. The van der Waals surface area contributed by atoms with Gasteiger partial charge in [0.15, 0.2) is 0 Å². The average molecular weight is 573 g/mol. The third-order valence-electron chi connectivity index (χ3n) is 7.31. The topological polar surface area (TPSA) is 141 Å². The molecule has 3 N–H and O–H groups in total. The number of methoxy groups -OCH3 is 1. The summed E-state index contributed by atoms with van der Waals surface area (Å²) in [6, 6.07) is 13.3. The first kappa shape index (κ1) is 28.9. The second-order valence-corrected chi connectivity index (χ2v) is 10.8. The van der Waals surface area contributed by atoms with E-state index >= 15 is 0 Å². The fourth-order valence-corrected chi connectivity index (χ4v) is 4.95. The molecular formula is C30H33FN8O3. The molecule has 0 aromatic carbocycles. The van der Waals surface area contributed by atoms with Gasteiger partial charge in [0, 0.05) is 19.9 Å². The second kappa shape index (κ2) is 12.1. The largest absolute Gasteiger partial charge is 0.387 e. The number of rotatable bonds is 10. The summed E-state index contributed by atoms with van der Waals surface area (Å²) >= 11 is 0. The molecule has 0 aliphatic carbocycles. The number of hydrogen-bond donors (Lipinski definition) is 3. The molecule has 0 bridgehead atoms.